The molecular weight excluding hydrogens is 510 g/mol. The lowest BCUT2D eigenvalue weighted by Gasteiger charge is -2.13. The minimum absolute atomic E-state index is 0.0155. The third kappa shape index (κ3) is 5.22. The summed E-state index contributed by atoms with van der Waals surface area (Å²) in [7, 11) is -13.0. The zero-order chi connectivity index (χ0) is 25.4. The molecule has 35 heavy (non-hydrogen) atoms. The second-order valence-corrected chi connectivity index (χ2v) is 12.8. The second-order valence-electron chi connectivity index (χ2n) is 7.67. The molecule has 0 atom stereocenters. The van der Waals surface area contributed by atoms with Gasteiger partial charge in [0.2, 0.25) is 9.84 Å². The van der Waals surface area contributed by atoms with E-state index >= 15 is 0 Å². The molecule has 0 unspecified atom stereocenters. The molecule has 0 radical (unpaired) electrons. The molecule has 0 bridgehead atoms. The molecule has 180 valence electrons. The smallest absolute Gasteiger partial charge is 0.321 e. The van der Waals surface area contributed by atoms with Gasteiger partial charge < -0.3 is 19.6 Å². The molecule has 0 saturated carbocycles. The van der Waals surface area contributed by atoms with Crippen LogP contribution in [0.3, 0.4) is 0 Å². The highest BCUT2D eigenvalue weighted by molar-refractivity contribution is 7.91. The maximum absolute atomic E-state index is 13.1. The number of rotatable bonds is 6. The molecular formula is C24H20O8P2S. The van der Waals surface area contributed by atoms with Crippen LogP contribution in [0.15, 0.2) is 107 Å². The van der Waals surface area contributed by atoms with E-state index < -0.39 is 25.0 Å². The van der Waals surface area contributed by atoms with E-state index in [9.17, 15) is 37.1 Å². The summed E-state index contributed by atoms with van der Waals surface area (Å²) in [6.45, 7) is 0. The van der Waals surface area contributed by atoms with Crippen LogP contribution >= 0.6 is 15.2 Å². The third-order valence-electron chi connectivity index (χ3n) is 5.39. The molecule has 0 saturated heterocycles. The van der Waals surface area contributed by atoms with E-state index in [1.807, 2.05) is 0 Å². The lowest BCUT2D eigenvalue weighted by molar-refractivity contribution is 0.385. The minimum atomic E-state index is -4.52. The summed E-state index contributed by atoms with van der Waals surface area (Å²) in [6.07, 6.45) is 0. The van der Waals surface area contributed by atoms with Crippen LogP contribution in [0.1, 0.15) is 0 Å². The Hall–Kier alpha value is -2.87. The van der Waals surface area contributed by atoms with Crippen molar-refractivity contribution in [3.05, 3.63) is 97.1 Å². The first kappa shape index (κ1) is 25.2. The summed E-state index contributed by atoms with van der Waals surface area (Å²) in [4.78, 5) is 38.4. The molecule has 4 N–H and O–H groups in total. The Balaban J connectivity index is 1.67. The Morgan fingerprint density at radius 3 is 1.11 bits per heavy atom. The van der Waals surface area contributed by atoms with Crippen LogP contribution in [0.25, 0.3) is 22.3 Å². The number of sulfone groups is 1. The van der Waals surface area contributed by atoms with Gasteiger partial charge in [0, 0.05) is 0 Å². The molecule has 0 aliphatic heterocycles. The summed E-state index contributed by atoms with van der Waals surface area (Å²) < 4.78 is 49.9. The van der Waals surface area contributed by atoms with Gasteiger partial charge in [-0.2, -0.15) is 0 Å². The Labute approximate surface area is 201 Å². The average molecular weight is 530 g/mol. The fourth-order valence-electron chi connectivity index (χ4n) is 3.71. The van der Waals surface area contributed by atoms with E-state index in [1.54, 1.807) is 24.3 Å². The molecule has 4 aromatic rings. The van der Waals surface area contributed by atoms with Gasteiger partial charge in [-0.15, -0.1) is 0 Å². The first-order valence-electron chi connectivity index (χ1n) is 10.2. The number of hydrogen-bond acceptors (Lipinski definition) is 4. The average Bonchev–Trinajstić information content (AvgIpc) is 2.83. The highest BCUT2D eigenvalue weighted by Gasteiger charge is 2.24. The number of hydrogen-bond donors (Lipinski definition) is 4. The predicted molar refractivity (Wildman–Crippen MR) is 133 cm³/mol. The molecule has 0 amide bonds. The fraction of sp³-hybridized carbons (Fsp3) is 0. The lowest BCUT2D eigenvalue weighted by atomic mass is 10.1. The maximum Gasteiger partial charge on any atom is 0.356 e. The van der Waals surface area contributed by atoms with Gasteiger partial charge in [-0.05, 0) is 58.7 Å². The normalized spacial score (nSPS) is 12.5. The lowest BCUT2D eigenvalue weighted by Crippen LogP contribution is -2.08. The van der Waals surface area contributed by atoms with Crippen molar-refractivity contribution in [3.8, 4) is 22.3 Å². The van der Waals surface area contributed by atoms with Crippen molar-refractivity contribution in [1.82, 2.24) is 0 Å². The van der Waals surface area contributed by atoms with Crippen LogP contribution in [0.2, 0.25) is 0 Å². The topological polar surface area (TPSA) is 149 Å². The van der Waals surface area contributed by atoms with Crippen LogP contribution in [-0.2, 0) is 19.0 Å². The first-order chi connectivity index (χ1) is 16.4. The van der Waals surface area contributed by atoms with Crippen LogP contribution in [-0.4, -0.2) is 28.0 Å². The molecule has 8 nitrogen and oxygen atoms in total. The molecule has 0 aliphatic carbocycles. The maximum atomic E-state index is 13.1. The monoisotopic (exact) mass is 530 g/mol. The minimum Gasteiger partial charge on any atom is -0.321 e. The van der Waals surface area contributed by atoms with Crippen molar-refractivity contribution < 1.29 is 37.1 Å². The van der Waals surface area contributed by atoms with Gasteiger partial charge in [0.05, 0.1) is 20.4 Å². The van der Waals surface area contributed by atoms with Gasteiger partial charge in [0.1, 0.15) is 0 Å². The van der Waals surface area contributed by atoms with E-state index in [1.165, 1.54) is 72.8 Å². The highest BCUT2D eigenvalue weighted by Crippen LogP contribution is 2.39. The predicted octanol–water partition coefficient (Wildman–Crippen LogP) is 3.46. The van der Waals surface area contributed by atoms with E-state index in [-0.39, 0.29) is 20.4 Å². The molecule has 0 heterocycles. The molecule has 4 rings (SSSR count). The van der Waals surface area contributed by atoms with Gasteiger partial charge in [0.25, 0.3) is 0 Å². The van der Waals surface area contributed by atoms with Crippen LogP contribution in [0.4, 0.5) is 0 Å². The second kappa shape index (κ2) is 9.30. The Bertz CT molecular complexity index is 1470. The van der Waals surface area contributed by atoms with Gasteiger partial charge in [-0.25, -0.2) is 8.42 Å². The molecule has 0 aromatic heterocycles. The van der Waals surface area contributed by atoms with Crippen molar-refractivity contribution in [3.63, 3.8) is 0 Å². The molecule has 0 aliphatic rings. The quantitative estimate of drug-likeness (QED) is 0.277. The van der Waals surface area contributed by atoms with Gasteiger partial charge >= 0.3 is 15.2 Å². The van der Waals surface area contributed by atoms with E-state index in [0.717, 1.165) is 0 Å². The molecule has 4 aromatic carbocycles. The van der Waals surface area contributed by atoms with E-state index in [2.05, 4.69) is 0 Å². The third-order valence-corrected chi connectivity index (χ3v) is 9.21. The SMILES string of the molecule is O=P(O)(O)c1ccccc1-c1ccc(S(=O)(=O)c2ccc(-c3ccccc3P(=O)(O)O)cc2)cc1. The molecule has 0 fully saturated rings. The van der Waals surface area contributed by atoms with Crippen molar-refractivity contribution in [1.29, 1.82) is 0 Å². The standard InChI is InChI=1S/C24H20O8P2S/c25-33(26,27)23-7-3-1-5-21(23)17-9-13-19(14-10-17)35(31,32)20-15-11-18(12-16-20)22-6-2-4-8-24(22)34(28,29)30/h1-16H,(H2,25,26,27)(H2,28,29,30). The molecule has 0 spiro atoms. The summed E-state index contributed by atoms with van der Waals surface area (Å²) >= 11 is 0. The van der Waals surface area contributed by atoms with Crippen molar-refractivity contribution in [2.45, 2.75) is 9.79 Å². The largest absolute Gasteiger partial charge is 0.356 e. The summed E-state index contributed by atoms with van der Waals surface area (Å²) in [5.74, 6) is 0. The van der Waals surface area contributed by atoms with Crippen LogP contribution < -0.4 is 10.6 Å². The zero-order valence-corrected chi connectivity index (χ0v) is 20.6. The summed E-state index contributed by atoms with van der Waals surface area (Å²) in [5, 5.41) is -0.302. The van der Waals surface area contributed by atoms with Gasteiger partial charge in [-0.3, -0.25) is 9.13 Å². The van der Waals surface area contributed by atoms with Gasteiger partial charge in [-0.1, -0.05) is 60.7 Å². The van der Waals surface area contributed by atoms with Crippen LogP contribution in [0.5, 0.6) is 0 Å². The van der Waals surface area contributed by atoms with E-state index in [0.29, 0.717) is 22.3 Å². The van der Waals surface area contributed by atoms with E-state index in [4.69, 9.17) is 0 Å². The van der Waals surface area contributed by atoms with Crippen molar-refractivity contribution >= 4 is 35.6 Å². The Kier molecular flexibility index (Phi) is 6.70. The summed E-state index contributed by atoms with van der Waals surface area (Å²) in [6, 6.07) is 23.4. The van der Waals surface area contributed by atoms with Crippen molar-refractivity contribution in [2.24, 2.45) is 0 Å². The van der Waals surface area contributed by atoms with Gasteiger partial charge in [0.15, 0.2) is 0 Å². The Morgan fingerprint density at radius 1 is 0.486 bits per heavy atom. The Morgan fingerprint density at radius 2 is 0.800 bits per heavy atom. The fourth-order valence-corrected chi connectivity index (χ4v) is 6.56. The summed E-state index contributed by atoms with van der Waals surface area (Å²) in [5.41, 5.74) is 1.51. The zero-order valence-electron chi connectivity index (χ0n) is 18.0. The van der Waals surface area contributed by atoms with Crippen molar-refractivity contribution in [2.75, 3.05) is 0 Å². The highest BCUT2D eigenvalue weighted by atomic mass is 32.2. The molecule has 11 heteroatoms. The first-order valence-corrected chi connectivity index (χ1v) is 14.9. The number of benzene rings is 4. The van der Waals surface area contributed by atoms with Crippen LogP contribution in [0, 0.1) is 0 Å².